The number of carbonyl (C=O) groups is 1. The Morgan fingerprint density at radius 3 is 1.43 bits per heavy atom. The molecule has 0 amide bonds. The summed E-state index contributed by atoms with van der Waals surface area (Å²) in [7, 11) is -10.1. The maximum absolute atomic E-state index is 15.7. The van der Waals surface area contributed by atoms with Crippen LogP contribution in [-0.2, 0) is 28.7 Å². The topological polar surface area (TPSA) is 69.7 Å². The molecule has 0 fully saturated rings. The molecule has 0 aromatic heterocycles. The zero-order valence-corrected chi connectivity index (χ0v) is 25.5. The summed E-state index contributed by atoms with van der Waals surface area (Å²) in [4.78, 5) is 12.7. The van der Waals surface area contributed by atoms with Gasteiger partial charge in [-0.05, 0) is 78.5 Å². The maximum Gasteiger partial charge on any atom is 0.432 e. The molecule has 0 saturated carbocycles. The van der Waals surface area contributed by atoms with Crippen LogP contribution in [0.15, 0.2) is 99.6 Å². The van der Waals surface area contributed by atoms with Crippen molar-refractivity contribution in [1.82, 2.24) is 0 Å². The Morgan fingerprint density at radius 1 is 0.667 bits per heavy atom. The third-order valence-electron chi connectivity index (χ3n) is 6.17. The highest BCUT2D eigenvalue weighted by molar-refractivity contribution is 8.33. The second-order valence-electron chi connectivity index (χ2n) is 11.6. The third-order valence-corrected chi connectivity index (χ3v) is 11.4. The van der Waals surface area contributed by atoms with E-state index in [4.69, 9.17) is 3.63 Å². The number of esters is 1. The smallest absolute Gasteiger partial charge is 0.432 e. The van der Waals surface area contributed by atoms with Crippen LogP contribution in [0.1, 0.15) is 47.1 Å². The number of hydrogen-bond donors (Lipinski definition) is 0. The molecule has 230 valence electrons. The van der Waals surface area contributed by atoms with Crippen LogP contribution in [0, 0.1) is 5.41 Å². The Labute approximate surface area is 244 Å². The summed E-state index contributed by atoms with van der Waals surface area (Å²) in [5, 5.41) is -5.72. The zero-order chi connectivity index (χ0) is 31.8. The molecule has 0 spiro atoms. The molecule has 0 radical (unpaired) electrons. The van der Waals surface area contributed by atoms with Crippen molar-refractivity contribution in [3.05, 3.63) is 90.5 Å². The number of carbonyl (C=O) groups excluding carboxylic acids is 1. The van der Waals surface area contributed by atoms with E-state index in [1.54, 1.807) is 24.3 Å². The van der Waals surface area contributed by atoms with E-state index in [0.29, 0.717) is 0 Å². The SMILES string of the molecule is CC(C)(C)C(=O)OC(C(F)(F)F)C(F)(F)S(=O)(=O)OS(c1ccccc1)(c1ccccc1)c1ccc(C(C)(C)C)cc1. The minimum Gasteiger partial charge on any atom is -0.444 e. The van der Waals surface area contributed by atoms with E-state index in [-0.39, 0.29) is 20.1 Å². The fraction of sp³-hybridized carbons (Fsp3) is 0.367. The van der Waals surface area contributed by atoms with Gasteiger partial charge in [-0.15, -0.1) is 0 Å². The Balaban J connectivity index is 2.32. The van der Waals surface area contributed by atoms with Crippen LogP contribution in [0.5, 0.6) is 0 Å². The fourth-order valence-corrected chi connectivity index (χ4v) is 9.06. The molecule has 0 N–H and O–H groups in total. The zero-order valence-electron chi connectivity index (χ0n) is 23.9. The Morgan fingerprint density at radius 2 is 1.07 bits per heavy atom. The van der Waals surface area contributed by atoms with E-state index < -0.39 is 49.3 Å². The second kappa shape index (κ2) is 11.6. The molecular formula is C30H33F5O5S2. The molecule has 0 aliphatic carbocycles. The van der Waals surface area contributed by atoms with Crippen LogP contribution >= 0.6 is 10.3 Å². The Bertz CT molecular complexity index is 1440. The first-order valence-corrected chi connectivity index (χ1v) is 15.8. The largest absolute Gasteiger partial charge is 0.444 e. The van der Waals surface area contributed by atoms with Crippen molar-refractivity contribution in [1.29, 1.82) is 0 Å². The summed E-state index contributed by atoms with van der Waals surface area (Å²) < 4.78 is 110. The fourth-order valence-electron chi connectivity index (χ4n) is 3.82. The van der Waals surface area contributed by atoms with Gasteiger partial charge >= 0.3 is 27.5 Å². The van der Waals surface area contributed by atoms with Gasteiger partial charge in [0.25, 0.3) is 6.10 Å². The lowest BCUT2D eigenvalue weighted by Gasteiger charge is -2.41. The maximum atomic E-state index is 15.7. The molecule has 0 aliphatic rings. The molecule has 42 heavy (non-hydrogen) atoms. The lowest BCUT2D eigenvalue weighted by Crippen LogP contribution is -2.53. The Hall–Kier alpha value is -2.96. The van der Waals surface area contributed by atoms with Crippen LogP contribution in [0.3, 0.4) is 0 Å². The average Bonchev–Trinajstić information content (AvgIpc) is 2.89. The predicted molar refractivity (Wildman–Crippen MR) is 151 cm³/mol. The van der Waals surface area contributed by atoms with Gasteiger partial charge in [0.2, 0.25) is 0 Å². The first-order valence-electron chi connectivity index (χ1n) is 12.8. The summed E-state index contributed by atoms with van der Waals surface area (Å²) in [6, 6.07) is 21.5. The van der Waals surface area contributed by atoms with Crippen molar-refractivity contribution in [2.24, 2.45) is 5.41 Å². The van der Waals surface area contributed by atoms with Gasteiger partial charge in [0.15, 0.2) is 0 Å². The Kier molecular flexibility index (Phi) is 9.27. The second-order valence-corrected chi connectivity index (χ2v) is 16.1. The summed E-state index contributed by atoms with van der Waals surface area (Å²) in [6.07, 6.45) is -10.3. The van der Waals surface area contributed by atoms with E-state index in [1.165, 1.54) is 60.7 Å². The molecule has 0 saturated heterocycles. The molecular weight excluding hydrogens is 599 g/mol. The lowest BCUT2D eigenvalue weighted by atomic mass is 9.87. The van der Waals surface area contributed by atoms with Crippen molar-refractivity contribution < 1.29 is 43.5 Å². The van der Waals surface area contributed by atoms with E-state index in [2.05, 4.69) is 4.74 Å². The van der Waals surface area contributed by atoms with E-state index in [1.807, 2.05) is 20.8 Å². The first-order chi connectivity index (χ1) is 19.1. The van der Waals surface area contributed by atoms with Crippen molar-refractivity contribution >= 4 is 26.4 Å². The van der Waals surface area contributed by atoms with Gasteiger partial charge in [0.05, 0.1) is 5.41 Å². The monoisotopic (exact) mass is 632 g/mol. The van der Waals surface area contributed by atoms with Crippen molar-refractivity contribution in [2.45, 2.75) is 79.2 Å². The minimum absolute atomic E-state index is 0.134. The van der Waals surface area contributed by atoms with Crippen molar-refractivity contribution in [3.8, 4) is 0 Å². The first kappa shape index (κ1) is 33.5. The standard InChI is InChI=1S/C30H33F5O5S2/c1-27(2,3)21-17-19-24(20-18-21)41(22-13-9-7-10-14-22,23-15-11-8-12-16-23)40-42(37,38)30(34,35)25(29(31,32)33)39-26(36)28(4,5)6/h7-20,25H,1-6H3. The van der Waals surface area contributed by atoms with E-state index in [0.717, 1.165) is 26.3 Å². The van der Waals surface area contributed by atoms with Crippen molar-refractivity contribution in [2.75, 3.05) is 0 Å². The molecule has 3 aromatic rings. The van der Waals surface area contributed by atoms with E-state index in [9.17, 15) is 26.4 Å². The number of hydrogen-bond acceptors (Lipinski definition) is 5. The number of rotatable bonds is 8. The van der Waals surface area contributed by atoms with Crippen LogP contribution < -0.4 is 0 Å². The van der Waals surface area contributed by atoms with Gasteiger partial charge < -0.3 is 4.74 Å². The molecule has 3 aromatic carbocycles. The van der Waals surface area contributed by atoms with Gasteiger partial charge in [0, 0.05) is 14.7 Å². The predicted octanol–water partition coefficient (Wildman–Crippen LogP) is 8.64. The summed E-state index contributed by atoms with van der Waals surface area (Å²) in [5.41, 5.74) is -1.13. The molecule has 12 heteroatoms. The molecule has 0 bridgehead atoms. The van der Waals surface area contributed by atoms with Crippen LogP contribution in [-0.4, -0.2) is 31.9 Å². The number of halogens is 5. The van der Waals surface area contributed by atoms with Crippen molar-refractivity contribution in [3.63, 3.8) is 0 Å². The molecule has 0 heterocycles. The summed E-state index contributed by atoms with van der Waals surface area (Å²) in [6.45, 7) is 9.25. The van der Waals surface area contributed by atoms with Gasteiger partial charge in [0.1, 0.15) is 0 Å². The molecule has 5 nitrogen and oxygen atoms in total. The average molecular weight is 633 g/mol. The highest BCUT2D eigenvalue weighted by Crippen LogP contribution is 2.70. The molecule has 1 atom stereocenters. The van der Waals surface area contributed by atoms with Crippen LogP contribution in [0.4, 0.5) is 22.0 Å². The molecule has 3 rings (SSSR count). The van der Waals surface area contributed by atoms with Crippen LogP contribution in [0.25, 0.3) is 0 Å². The normalized spacial score (nSPS) is 14.7. The number of benzene rings is 3. The van der Waals surface area contributed by atoms with Gasteiger partial charge in [-0.2, -0.15) is 30.4 Å². The summed E-state index contributed by atoms with van der Waals surface area (Å²) in [5.74, 6) is -1.66. The van der Waals surface area contributed by atoms with Gasteiger partial charge in [-0.1, -0.05) is 69.3 Å². The van der Waals surface area contributed by atoms with Gasteiger partial charge in [-0.3, -0.25) is 4.79 Å². The van der Waals surface area contributed by atoms with Crippen LogP contribution in [0.2, 0.25) is 0 Å². The molecule has 0 aliphatic heterocycles. The van der Waals surface area contributed by atoms with Gasteiger partial charge in [-0.25, -0.2) is 3.63 Å². The number of ether oxygens (including phenoxy) is 1. The highest BCUT2D eigenvalue weighted by atomic mass is 32.3. The quantitative estimate of drug-likeness (QED) is 0.184. The van der Waals surface area contributed by atoms with E-state index >= 15 is 8.78 Å². The number of alkyl halides is 5. The highest BCUT2D eigenvalue weighted by Gasteiger charge is 2.68. The minimum atomic E-state index is -6.47. The summed E-state index contributed by atoms with van der Waals surface area (Å²) >= 11 is 0. The lowest BCUT2D eigenvalue weighted by molar-refractivity contribution is -0.261. The third kappa shape index (κ3) is 6.81. The molecule has 1 unspecified atom stereocenters.